The number of ether oxygens (including phenoxy) is 2. The van der Waals surface area contributed by atoms with E-state index in [9.17, 15) is 13.6 Å². The second-order valence-corrected chi connectivity index (χ2v) is 5.56. The number of carbonyl (C=O) groups excluding carboxylic acids is 1. The summed E-state index contributed by atoms with van der Waals surface area (Å²) in [5.41, 5.74) is 0.608. The van der Waals surface area contributed by atoms with Crippen LogP contribution in [0, 0.1) is 0 Å². The Labute approximate surface area is 155 Å². The van der Waals surface area contributed by atoms with E-state index in [-0.39, 0.29) is 16.5 Å². The number of anilines is 1. The Morgan fingerprint density at radius 3 is 2.50 bits per heavy atom. The van der Waals surface area contributed by atoms with Crippen molar-refractivity contribution in [3.63, 3.8) is 0 Å². The molecule has 0 aliphatic heterocycles. The third kappa shape index (κ3) is 5.96. The van der Waals surface area contributed by atoms with Gasteiger partial charge in [0.25, 0.3) is 5.91 Å². The molecule has 5 nitrogen and oxygen atoms in total. The number of thiocarbonyl (C=S) groups is 1. The highest BCUT2D eigenvalue weighted by atomic mass is 32.1. The summed E-state index contributed by atoms with van der Waals surface area (Å²) >= 11 is 5.06. The monoisotopic (exact) mass is 380 g/mol. The minimum absolute atomic E-state index is 0.0355. The SMILES string of the molecule is CCCOc1ccc(C(=O)NC(=S)Nc2ccccc2OC(F)F)cc1. The lowest BCUT2D eigenvalue weighted by Crippen LogP contribution is -2.34. The Kier molecular flexibility index (Phi) is 7.28. The van der Waals surface area contributed by atoms with Crippen LogP contribution in [0.2, 0.25) is 0 Å². The first kappa shape index (κ1) is 19.6. The van der Waals surface area contributed by atoms with Crippen LogP contribution < -0.4 is 20.1 Å². The van der Waals surface area contributed by atoms with Crippen molar-refractivity contribution in [3.8, 4) is 11.5 Å². The van der Waals surface area contributed by atoms with E-state index in [1.54, 1.807) is 36.4 Å². The predicted molar refractivity (Wildman–Crippen MR) is 99.0 cm³/mol. The van der Waals surface area contributed by atoms with Crippen LogP contribution in [-0.2, 0) is 0 Å². The van der Waals surface area contributed by atoms with Crippen molar-refractivity contribution < 1.29 is 23.0 Å². The average Bonchev–Trinajstić information content (AvgIpc) is 2.61. The molecule has 0 unspecified atom stereocenters. The third-order valence-corrected chi connectivity index (χ3v) is 3.37. The van der Waals surface area contributed by atoms with Gasteiger partial charge in [-0.3, -0.25) is 10.1 Å². The number of amides is 1. The molecule has 0 spiro atoms. The zero-order valence-corrected chi connectivity index (χ0v) is 14.8. The molecule has 0 aliphatic rings. The van der Waals surface area contributed by atoms with Crippen LogP contribution in [0.25, 0.3) is 0 Å². The quantitative estimate of drug-likeness (QED) is 0.705. The zero-order chi connectivity index (χ0) is 18.9. The lowest BCUT2D eigenvalue weighted by atomic mass is 10.2. The van der Waals surface area contributed by atoms with E-state index in [2.05, 4.69) is 15.4 Å². The number of carbonyl (C=O) groups is 1. The summed E-state index contributed by atoms with van der Waals surface area (Å²) in [7, 11) is 0. The van der Waals surface area contributed by atoms with Gasteiger partial charge in [0.15, 0.2) is 5.11 Å². The molecule has 8 heteroatoms. The second kappa shape index (κ2) is 9.67. The second-order valence-electron chi connectivity index (χ2n) is 5.16. The van der Waals surface area contributed by atoms with Crippen molar-refractivity contribution in [2.24, 2.45) is 0 Å². The number of halogens is 2. The highest BCUT2D eigenvalue weighted by Crippen LogP contribution is 2.25. The van der Waals surface area contributed by atoms with Crippen molar-refractivity contribution >= 4 is 28.9 Å². The fourth-order valence-corrected chi connectivity index (χ4v) is 2.22. The summed E-state index contributed by atoms with van der Waals surface area (Å²) in [4.78, 5) is 12.2. The van der Waals surface area contributed by atoms with Gasteiger partial charge >= 0.3 is 6.61 Å². The van der Waals surface area contributed by atoms with E-state index in [0.717, 1.165) is 6.42 Å². The molecule has 2 rings (SSSR count). The molecule has 0 bridgehead atoms. The number of para-hydroxylation sites is 2. The van der Waals surface area contributed by atoms with Gasteiger partial charge < -0.3 is 14.8 Å². The maximum absolute atomic E-state index is 12.4. The third-order valence-electron chi connectivity index (χ3n) is 3.17. The molecule has 0 atom stereocenters. The molecule has 2 aromatic carbocycles. The van der Waals surface area contributed by atoms with Gasteiger partial charge in [-0.1, -0.05) is 19.1 Å². The molecule has 0 aromatic heterocycles. The maximum atomic E-state index is 12.4. The Morgan fingerprint density at radius 1 is 1.15 bits per heavy atom. The van der Waals surface area contributed by atoms with E-state index in [4.69, 9.17) is 17.0 Å². The number of rotatable bonds is 7. The van der Waals surface area contributed by atoms with Gasteiger partial charge in [-0.25, -0.2) is 0 Å². The van der Waals surface area contributed by atoms with Gasteiger partial charge in [0.2, 0.25) is 0 Å². The van der Waals surface area contributed by atoms with Crippen LogP contribution in [0.4, 0.5) is 14.5 Å². The normalized spacial score (nSPS) is 10.3. The maximum Gasteiger partial charge on any atom is 0.387 e. The number of hydrogen-bond donors (Lipinski definition) is 2. The van der Waals surface area contributed by atoms with Crippen molar-refractivity contribution in [3.05, 3.63) is 54.1 Å². The summed E-state index contributed by atoms with van der Waals surface area (Å²) in [5, 5.41) is 5.12. The van der Waals surface area contributed by atoms with Crippen LogP contribution in [0.5, 0.6) is 11.5 Å². The smallest absolute Gasteiger partial charge is 0.387 e. The van der Waals surface area contributed by atoms with Crippen LogP contribution >= 0.6 is 12.2 Å². The van der Waals surface area contributed by atoms with Crippen molar-refractivity contribution in [1.82, 2.24) is 5.32 Å². The lowest BCUT2D eigenvalue weighted by molar-refractivity contribution is -0.0493. The van der Waals surface area contributed by atoms with Gasteiger partial charge in [-0.15, -0.1) is 0 Å². The highest BCUT2D eigenvalue weighted by molar-refractivity contribution is 7.80. The van der Waals surface area contributed by atoms with Gasteiger partial charge in [-0.2, -0.15) is 8.78 Å². The van der Waals surface area contributed by atoms with Gasteiger partial charge in [-0.05, 0) is 55.0 Å². The van der Waals surface area contributed by atoms with Crippen molar-refractivity contribution in [2.75, 3.05) is 11.9 Å². The van der Waals surface area contributed by atoms with Gasteiger partial charge in [0.1, 0.15) is 11.5 Å². The van der Waals surface area contributed by atoms with Gasteiger partial charge in [0, 0.05) is 5.56 Å². The summed E-state index contributed by atoms with van der Waals surface area (Å²) in [6.07, 6.45) is 0.888. The first-order valence-corrected chi connectivity index (χ1v) is 8.29. The Hall–Kier alpha value is -2.74. The van der Waals surface area contributed by atoms with Crippen LogP contribution in [0.3, 0.4) is 0 Å². The molecule has 0 saturated heterocycles. The molecule has 2 aromatic rings. The molecule has 2 N–H and O–H groups in total. The highest BCUT2D eigenvalue weighted by Gasteiger charge is 2.12. The molecular formula is C18H18F2N2O3S. The molecule has 0 saturated carbocycles. The Morgan fingerprint density at radius 2 is 1.85 bits per heavy atom. The number of benzene rings is 2. The number of hydrogen-bond acceptors (Lipinski definition) is 4. The summed E-state index contributed by atoms with van der Waals surface area (Å²) in [6.45, 7) is -0.366. The number of alkyl halides is 2. The van der Waals surface area contributed by atoms with E-state index in [1.807, 2.05) is 6.92 Å². The molecule has 1 amide bonds. The van der Waals surface area contributed by atoms with Crippen LogP contribution in [0.1, 0.15) is 23.7 Å². The first-order valence-electron chi connectivity index (χ1n) is 7.88. The molecular weight excluding hydrogens is 362 g/mol. The fraction of sp³-hybridized carbons (Fsp3) is 0.222. The largest absolute Gasteiger partial charge is 0.494 e. The topological polar surface area (TPSA) is 59.6 Å². The predicted octanol–water partition coefficient (Wildman–Crippen LogP) is 4.20. The molecule has 0 fully saturated rings. The minimum atomic E-state index is -2.96. The molecule has 0 aliphatic carbocycles. The van der Waals surface area contributed by atoms with Gasteiger partial charge in [0.05, 0.1) is 12.3 Å². The molecule has 0 radical (unpaired) electrons. The first-order chi connectivity index (χ1) is 12.5. The summed E-state index contributed by atoms with van der Waals surface area (Å²) in [5.74, 6) is 0.163. The zero-order valence-electron chi connectivity index (χ0n) is 14.0. The minimum Gasteiger partial charge on any atom is -0.494 e. The average molecular weight is 380 g/mol. The lowest BCUT2D eigenvalue weighted by Gasteiger charge is -2.14. The Bertz CT molecular complexity index is 754. The molecule has 0 heterocycles. The standard InChI is InChI=1S/C18H18F2N2O3S/c1-2-11-24-13-9-7-12(8-10-13)16(23)22-18(26)21-14-5-3-4-6-15(14)25-17(19)20/h3-10,17H,2,11H2,1H3,(H2,21,22,23,26). The fourth-order valence-electron chi connectivity index (χ4n) is 2.02. The number of nitrogens with one attached hydrogen (secondary N) is 2. The van der Waals surface area contributed by atoms with Crippen LogP contribution in [-0.4, -0.2) is 24.2 Å². The van der Waals surface area contributed by atoms with E-state index >= 15 is 0 Å². The van der Waals surface area contributed by atoms with Crippen LogP contribution in [0.15, 0.2) is 48.5 Å². The Balaban J connectivity index is 1.96. The summed E-state index contributed by atoms with van der Waals surface area (Å²) in [6, 6.07) is 12.6. The van der Waals surface area contributed by atoms with E-state index < -0.39 is 12.5 Å². The molecule has 26 heavy (non-hydrogen) atoms. The van der Waals surface area contributed by atoms with Crippen molar-refractivity contribution in [2.45, 2.75) is 20.0 Å². The molecule has 138 valence electrons. The summed E-state index contributed by atoms with van der Waals surface area (Å²) < 4.78 is 34.7. The van der Waals surface area contributed by atoms with E-state index in [1.165, 1.54) is 12.1 Å². The van der Waals surface area contributed by atoms with Crippen molar-refractivity contribution in [1.29, 1.82) is 0 Å². The van der Waals surface area contributed by atoms with E-state index in [0.29, 0.717) is 17.9 Å².